The molecule has 0 bridgehead atoms. The number of ketones is 1. The number of methoxy groups -OCH3 is 1. The number of nitrogens with one attached hydrogen (secondary N) is 1. The van der Waals surface area contributed by atoms with Crippen LogP contribution in [-0.2, 0) is 14.3 Å². The molecule has 0 unspecified atom stereocenters. The highest BCUT2D eigenvalue weighted by atomic mass is 16.5. The first-order valence-corrected chi connectivity index (χ1v) is 12.1. The largest absolute Gasteiger partial charge is 0.497 e. The minimum atomic E-state index is -0.558. The summed E-state index contributed by atoms with van der Waals surface area (Å²) in [6.45, 7) is 3.76. The van der Waals surface area contributed by atoms with Gasteiger partial charge in [-0.2, -0.15) is 0 Å². The van der Waals surface area contributed by atoms with Gasteiger partial charge in [-0.1, -0.05) is 12.1 Å². The highest BCUT2D eigenvalue weighted by Crippen LogP contribution is 2.46. The number of dihydropyridines is 1. The van der Waals surface area contributed by atoms with E-state index in [1.165, 1.54) is 0 Å². The molecule has 0 spiro atoms. The minimum absolute atomic E-state index is 0.0271. The molecular weight excluding hydrogens is 430 g/mol. The van der Waals surface area contributed by atoms with Crippen molar-refractivity contribution in [3.05, 3.63) is 76.0 Å². The van der Waals surface area contributed by atoms with E-state index < -0.39 is 5.92 Å². The number of hydrogen-bond acceptors (Lipinski definition) is 6. The molecule has 34 heavy (non-hydrogen) atoms. The van der Waals surface area contributed by atoms with Crippen LogP contribution in [-0.4, -0.2) is 25.0 Å². The van der Waals surface area contributed by atoms with E-state index in [1.807, 2.05) is 50.2 Å². The Balaban J connectivity index is 1.51. The third kappa shape index (κ3) is 4.17. The molecule has 2 heterocycles. The number of hydrogen-bond donors (Lipinski definition) is 1. The predicted octanol–water partition coefficient (Wildman–Crippen LogP) is 5.44. The Morgan fingerprint density at radius 3 is 2.59 bits per heavy atom. The molecule has 1 fully saturated rings. The summed E-state index contributed by atoms with van der Waals surface area (Å²) in [5.41, 5.74) is 3.75. The second-order valence-corrected chi connectivity index (χ2v) is 9.55. The van der Waals surface area contributed by atoms with Crippen molar-refractivity contribution in [3.8, 4) is 5.75 Å². The normalized spacial score (nSPS) is 23.1. The summed E-state index contributed by atoms with van der Waals surface area (Å²) in [7, 11) is 1.64. The van der Waals surface area contributed by atoms with Gasteiger partial charge in [0.15, 0.2) is 5.78 Å². The zero-order chi connectivity index (χ0) is 23.8. The van der Waals surface area contributed by atoms with Crippen LogP contribution in [0, 0.1) is 6.92 Å². The number of aryl methyl sites for hydroxylation is 1. The van der Waals surface area contributed by atoms with Crippen molar-refractivity contribution in [2.24, 2.45) is 0 Å². The van der Waals surface area contributed by atoms with Crippen LogP contribution in [0.2, 0.25) is 0 Å². The highest BCUT2D eigenvalue weighted by Gasteiger charge is 2.43. The average molecular weight is 462 g/mol. The molecule has 3 aliphatic rings. The lowest BCUT2D eigenvalue weighted by Gasteiger charge is -2.36. The standard InChI is InChI=1S/C28H31NO5/c1-16-11-12-24(33-16)27-25(28(31)34-20-8-4-5-9-20)17(2)29-22-14-19(15-23(30)26(22)27)18-7-6-10-21(13-18)32-3/h6-7,10-13,19-20,27,29H,4-5,8-9,14-15H2,1-3H3/t19-,27-/m0/s1. The second-order valence-electron chi connectivity index (χ2n) is 9.55. The topological polar surface area (TPSA) is 77.8 Å². The van der Waals surface area contributed by atoms with Crippen molar-refractivity contribution in [1.82, 2.24) is 5.32 Å². The van der Waals surface area contributed by atoms with Crippen molar-refractivity contribution in [2.45, 2.75) is 70.3 Å². The number of ether oxygens (including phenoxy) is 2. The van der Waals surface area contributed by atoms with Crippen molar-refractivity contribution in [1.29, 1.82) is 0 Å². The lowest BCUT2D eigenvalue weighted by Crippen LogP contribution is -2.36. The first-order chi connectivity index (χ1) is 16.4. The van der Waals surface area contributed by atoms with Gasteiger partial charge in [-0.25, -0.2) is 4.79 Å². The Hall–Kier alpha value is -3.28. The van der Waals surface area contributed by atoms with Crippen LogP contribution in [0.1, 0.15) is 74.4 Å². The van der Waals surface area contributed by atoms with E-state index in [0.717, 1.165) is 54.2 Å². The maximum Gasteiger partial charge on any atom is 0.337 e. The molecule has 1 saturated carbocycles. The van der Waals surface area contributed by atoms with Crippen molar-refractivity contribution in [2.75, 3.05) is 7.11 Å². The zero-order valence-electron chi connectivity index (χ0n) is 20.0. The maximum absolute atomic E-state index is 13.6. The third-order valence-corrected chi connectivity index (χ3v) is 7.23. The molecule has 2 atom stereocenters. The monoisotopic (exact) mass is 461 g/mol. The number of furan rings is 1. The van der Waals surface area contributed by atoms with Crippen LogP contribution in [0.3, 0.4) is 0 Å². The van der Waals surface area contributed by atoms with E-state index in [4.69, 9.17) is 13.9 Å². The van der Waals surface area contributed by atoms with E-state index in [0.29, 0.717) is 29.7 Å². The molecule has 1 aromatic heterocycles. The molecule has 0 saturated heterocycles. The molecule has 5 rings (SSSR count). The van der Waals surface area contributed by atoms with Gasteiger partial charge in [0, 0.05) is 23.4 Å². The summed E-state index contributed by atoms with van der Waals surface area (Å²) in [4.78, 5) is 27.0. The number of allylic oxidation sites excluding steroid dienone is 3. The zero-order valence-corrected chi connectivity index (χ0v) is 20.0. The van der Waals surface area contributed by atoms with Gasteiger partial charge in [0.2, 0.25) is 0 Å². The van der Waals surface area contributed by atoms with E-state index in [2.05, 4.69) is 5.32 Å². The smallest absolute Gasteiger partial charge is 0.337 e. The highest BCUT2D eigenvalue weighted by molar-refractivity contribution is 6.04. The van der Waals surface area contributed by atoms with Gasteiger partial charge in [-0.15, -0.1) is 0 Å². The number of rotatable bonds is 5. The number of carbonyl (C=O) groups is 2. The van der Waals surface area contributed by atoms with E-state index in [-0.39, 0.29) is 23.8 Å². The van der Waals surface area contributed by atoms with Crippen LogP contribution < -0.4 is 10.1 Å². The summed E-state index contributed by atoms with van der Waals surface area (Å²) < 4.78 is 17.3. The number of Topliss-reactive ketones (excluding diaryl/α,β-unsaturated/α-hetero) is 1. The predicted molar refractivity (Wildman–Crippen MR) is 127 cm³/mol. The van der Waals surface area contributed by atoms with Crippen LogP contribution in [0.25, 0.3) is 0 Å². The molecular formula is C28H31NO5. The Morgan fingerprint density at radius 2 is 1.88 bits per heavy atom. The Bertz CT molecular complexity index is 1180. The molecule has 0 radical (unpaired) electrons. The Morgan fingerprint density at radius 1 is 1.09 bits per heavy atom. The van der Waals surface area contributed by atoms with Crippen molar-refractivity contribution < 1.29 is 23.5 Å². The fraction of sp³-hybridized carbons (Fsp3) is 0.429. The lowest BCUT2D eigenvalue weighted by atomic mass is 9.73. The van der Waals surface area contributed by atoms with Crippen LogP contribution >= 0.6 is 0 Å². The fourth-order valence-electron chi connectivity index (χ4n) is 5.55. The van der Waals surface area contributed by atoms with Gasteiger partial charge in [0.1, 0.15) is 23.4 Å². The van der Waals surface area contributed by atoms with Gasteiger partial charge in [-0.3, -0.25) is 4.79 Å². The lowest BCUT2D eigenvalue weighted by molar-refractivity contribution is -0.144. The van der Waals surface area contributed by atoms with Gasteiger partial charge < -0.3 is 19.2 Å². The van der Waals surface area contributed by atoms with Crippen LogP contribution in [0.15, 0.2) is 63.4 Å². The summed E-state index contributed by atoms with van der Waals surface area (Å²) in [6, 6.07) is 11.6. The molecule has 1 aliphatic heterocycles. The van der Waals surface area contributed by atoms with Crippen LogP contribution in [0.4, 0.5) is 0 Å². The minimum Gasteiger partial charge on any atom is -0.497 e. The van der Waals surface area contributed by atoms with Crippen molar-refractivity contribution >= 4 is 11.8 Å². The van der Waals surface area contributed by atoms with E-state index >= 15 is 0 Å². The molecule has 6 heteroatoms. The molecule has 1 aromatic carbocycles. The second kappa shape index (κ2) is 9.16. The molecule has 178 valence electrons. The molecule has 6 nitrogen and oxygen atoms in total. The summed E-state index contributed by atoms with van der Waals surface area (Å²) in [5, 5.41) is 3.40. The molecule has 2 aliphatic carbocycles. The van der Waals surface area contributed by atoms with Crippen LogP contribution in [0.5, 0.6) is 5.75 Å². The summed E-state index contributed by atoms with van der Waals surface area (Å²) >= 11 is 0. The third-order valence-electron chi connectivity index (χ3n) is 7.23. The first kappa shape index (κ1) is 22.5. The summed E-state index contributed by atoms with van der Waals surface area (Å²) in [5.74, 6) is 1.28. The Kier molecular flexibility index (Phi) is 6.07. The van der Waals surface area contributed by atoms with Crippen molar-refractivity contribution in [3.63, 3.8) is 0 Å². The quantitative estimate of drug-likeness (QED) is 0.597. The maximum atomic E-state index is 13.6. The van der Waals surface area contributed by atoms with E-state index in [9.17, 15) is 9.59 Å². The van der Waals surface area contributed by atoms with Gasteiger partial charge in [-0.05, 0) is 81.7 Å². The summed E-state index contributed by atoms with van der Waals surface area (Å²) in [6.07, 6.45) is 4.93. The first-order valence-electron chi connectivity index (χ1n) is 12.1. The van der Waals surface area contributed by atoms with Gasteiger partial charge in [0.05, 0.1) is 18.6 Å². The number of carbonyl (C=O) groups excluding carboxylic acids is 2. The van der Waals surface area contributed by atoms with E-state index in [1.54, 1.807) is 7.11 Å². The SMILES string of the molecule is COc1cccc([C@@H]2CC(=O)C3=C(C2)NC(C)=C(C(=O)OC2CCCC2)[C@@H]3c2ccc(C)o2)c1. The molecule has 0 amide bonds. The average Bonchev–Trinajstić information content (AvgIpc) is 3.49. The molecule has 1 N–H and O–H groups in total. The number of esters is 1. The number of benzene rings is 1. The van der Waals surface area contributed by atoms with Gasteiger partial charge in [0.25, 0.3) is 0 Å². The Labute approximate surface area is 200 Å². The van der Waals surface area contributed by atoms with Gasteiger partial charge >= 0.3 is 5.97 Å². The molecule has 2 aromatic rings. The fourth-order valence-corrected chi connectivity index (χ4v) is 5.55.